The molecule has 2 atom stereocenters. The number of hydrogen-bond acceptors (Lipinski definition) is 2. The second kappa shape index (κ2) is 4.55. The molecule has 0 saturated heterocycles. The highest BCUT2D eigenvalue weighted by Gasteiger charge is 2.16. The van der Waals surface area contributed by atoms with E-state index in [-0.39, 0.29) is 0 Å². The van der Waals surface area contributed by atoms with Crippen molar-refractivity contribution in [3.05, 3.63) is 10.3 Å². The van der Waals surface area contributed by atoms with Gasteiger partial charge in [0.2, 0.25) is 0 Å². The maximum Gasteiger partial charge on any atom is 0.151 e. The molecule has 0 aliphatic rings. The van der Waals surface area contributed by atoms with Crippen molar-refractivity contribution < 1.29 is 0 Å². The van der Waals surface area contributed by atoms with Crippen LogP contribution >= 0.6 is 31.9 Å². The summed E-state index contributed by atoms with van der Waals surface area (Å²) >= 11 is 6.94. The minimum atomic E-state index is 0.462. The van der Waals surface area contributed by atoms with Gasteiger partial charge in [0.15, 0.2) is 4.60 Å². The molecule has 0 aliphatic carbocycles. The van der Waals surface area contributed by atoms with E-state index in [0.29, 0.717) is 10.7 Å². The molecule has 1 aromatic rings. The highest BCUT2D eigenvalue weighted by Crippen LogP contribution is 2.27. The van der Waals surface area contributed by atoms with Gasteiger partial charge >= 0.3 is 0 Å². The summed E-state index contributed by atoms with van der Waals surface area (Å²) in [6.45, 7) is 4.33. The summed E-state index contributed by atoms with van der Waals surface area (Å²) in [4.78, 5) is 0.518. The molecule has 0 saturated carbocycles. The number of hydrogen-bond donors (Lipinski definition) is 0. The third-order valence-electron chi connectivity index (χ3n) is 1.97. The van der Waals surface area contributed by atoms with Crippen molar-refractivity contribution in [2.24, 2.45) is 7.05 Å². The van der Waals surface area contributed by atoms with E-state index in [1.54, 1.807) is 0 Å². The molecule has 3 nitrogen and oxygen atoms in total. The summed E-state index contributed by atoms with van der Waals surface area (Å²) in [5.74, 6) is 0.462. The lowest BCUT2D eigenvalue weighted by Crippen LogP contribution is -2.06. The van der Waals surface area contributed by atoms with Gasteiger partial charge in [0, 0.05) is 17.8 Å². The Labute approximate surface area is 95.2 Å². The van der Waals surface area contributed by atoms with E-state index in [1.165, 1.54) is 0 Å². The van der Waals surface area contributed by atoms with E-state index in [2.05, 4.69) is 56.0 Å². The van der Waals surface area contributed by atoms with Crippen LogP contribution < -0.4 is 0 Å². The highest BCUT2D eigenvalue weighted by atomic mass is 79.9. The van der Waals surface area contributed by atoms with Gasteiger partial charge in [0.1, 0.15) is 0 Å². The molecule has 0 spiro atoms. The fraction of sp³-hybridized carbons (Fsp3) is 0.750. The van der Waals surface area contributed by atoms with Gasteiger partial charge in [-0.3, -0.25) is 4.68 Å². The summed E-state index contributed by atoms with van der Waals surface area (Å²) in [6, 6.07) is 0. The van der Waals surface area contributed by atoms with Crippen molar-refractivity contribution in [2.45, 2.75) is 31.0 Å². The zero-order valence-electron chi connectivity index (χ0n) is 7.96. The van der Waals surface area contributed by atoms with Gasteiger partial charge in [-0.1, -0.05) is 35.0 Å². The molecule has 0 radical (unpaired) electrons. The molecule has 0 aliphatic heterocycles. The van der Waals surface area contributed by atoms with Crippen LogP contribution in [0.15, 0.2) is 4.60 Å². The molecule has 0 bridgehead atoms. The smallest absolute Gasteiger partial charge is 0.151 e. The molecule has 0 fully saturated rings. The maximum absolute atomic E-state index is 3.96. The zero-order valence-corrected chi connectivity index (χ0v) is 11.1. The molecule has 1 rings (SSSR count). The molecule has 1 heterocycles. The van der Waals surface area contributed by atoms with Crippen LogP contribution in [-0.4, -0.2) is 19.8 Å². The van der Waals surface area contributed by atoms with Crippen molar-refractivity contribution in [3.63, 3.8) is 0 Å². The second-order valence-electron chi connectivity index (χ2n) is 3.31. The van der Waals surface area contributed by atoms with Gasteiger partial charge in [0.25, 0.3) is 0 Å². The van der Waals surface area contributed by atoms with Gasteiger partial charge in [-0.15, -0.1) is 5.10 Å². The van der Waals surface area contributed by atoms with Gasteiger partial charge in [-0.2, -0.15) is 0 Å². The Morgan fingerprint density at radius 3 is 2.46 bits per heavy atom. The lowest BCUT2D eigenvalue weighted by Gasteiger charge is -2.12. The van der Waals surface area contributed by atoms with Gasteiger partial charge in [-0.25, -0.2) is 0 Å². The minimum absolute atomic E-state index is 0.462. The molecular weight excluding hydrogens is 298 g/mol. The lowest BCUT2D eigenvalue weighted by molar-refractivity contribution is 0.594. The first-order valence-corrected chi connectivity index (χ1v) is 5.92. The van der Waals surface area contributed by atoms with Crippen LogP contribution in [0.25, 0.3) is 0 Å². The van der Waals surface area contributed by atoms with E-state index >= 15 is 0 Å². The van der Waals surface area contributed by atoms with Crippen LogP contribution in [-0.2, 0) is 7.05 Å². The van der Waals surface area contributed by atoms with Crippen LogP contribution in [0.4, 0.5) is 0 Å². The fourth-order valence-electron chi connectivity index (χ4n) is 1.46. The Morgan fingerprint density at radius 1 is 1.46 bits per heavy atom. The standard InChI is InChI=1S/C8H13Br2N3/c1-5(4-6(2)9)7-8(10)11-12-13(7)3/h5-6H,4H2,1-3H3. The van der Waals surface area contributed by atoms with Crippen molar-refractivity contribution in [2.75, 3.05) is 0 Å². The Kier molecular flexibility index (Phi) is 3.91. The van der Waals surface area contributed by atoms with Crippen LogP contribution in [0, 0.1) is 0 Å². The number of halogens is 2. The topological polar surface area (TPSA) is 30.7 Å². The Morgan fingerprint density at radius 2 is 2.08 bits per heavy atom. The number of alkyl halides is 1. The predicted molar refractivity (Wildman–Crippen MR) is 60.1 cm³/mol. The van der Waals surface area contributed by atoms with E-state index in [9.17, 15) is 0 Å². The van der Waals surface area contributed by atoms with Crippen molar-refractivity contribution in [1.82, 2.24) is 15.0 Å². The molecule has 74 valence electrons. The molecule has 2 unspecified atom stereocenters. The number of nitrogens with zero attached hydrogens (tertiary/aromatic N) is 3. The summed E-state index contributed by atoms with van der Waals surface area (Å²) < 4.78 is 2.68. The Bertz CT molecular complexity index is 263. The third kappa shape index (κ3) is 2.77. The molecule has 0 amide bonds. The second-order valence-corrected chi connectivity index (χ2v) is 5.62. The molecular formula is C8H13Br2N3. The minimum Gasteiger partial charge on any atom is -0.251 e. The Balaban J connectivity index is 2.81. The molecule has 0 aromatic carbocycles. The molecule has 13 heavy (non-hydrogen) atoms. The third-order valence-corrected chi connectivity index (χ3v) is 2.91. The molecule has 5 heteroatoms. The summed E-state index contributed by atoms with van der Waals surface area (Å²) in [5, 5.41) is 7.91. The maximum atomic E-state index is 3.96. The van der Waals surface area contributed by atoms with Gasteiger partial charge in [0.05, 0.1) is 5.69 Å². The largest absolute Gasteiger partial charge is 0.251 e. The Hall–Kier alpha value is 0.1000. The fourth-order valence-corrected chi connectivity index (χ4v) is 2.74. The van der Waals surface area contributed by atoms with Crippen LogP contribution in [0.2, 0.25) is 0 Å². The number of rotatable bonds is 3. The van der Waals surface area contributed by atoms with Gasteiger partial charge in [-0.05, 0) is 22.4 Å². The van der Waals surface area contributed by atoms with Crippen LogP contribution in [0.3, 0.4) is 0 Å². The first-order chi connectivity index (χ1) is 6.02. The van der Waals surface area contributed by atoms with Crippen LogP contribution in [0.1, 0.15) is 31.9 Å². The van der Waals surface area contributed by atoms with Crippen molar-refractivity contribution in [1.29, 1.82) is 0 Å². The number of aromatic nitrogens is 3. The lowest BCUT2D eigenvalue weighted by atomic mass is 10.0. The van der Waals surface area contributed by atoms with Gasteiger partial charge < -0.3 is 0 Å². The number of aryl methyl sites for hydroxylation is 1. The van der Waals surface area contributed by atoms with Crippen LogP contribution in [0.5, 0.6) is 0 Å². The summed E-state index contributed by atoms with van der Waals surface area (Å²) in [6.07, 6.45) is 1.08. The van der Waals surface area contributed by atoms with Crippen molar-refractivity contribution >= 4 is 31.9 Å². The normalized spacial score (nSPS) is 15.8. The average Bonchev–Trinajstić information content (AvgIpc) is 2.29. The first kappa shape index (κ1) is 11.2. The molecule has 1 aromatic heterocycles. The average molecular weight is 311 g/mol. The quantitative estimate of drug-likeness (QED) is 0.804. The summed E-state index contributed by atoms with van der Waals surface area (Å²) in [5.41, 5.74) is 1.16. The predicted octanol–water partition coefficient (Wildman–Crippen LogP) is 2.85. The summed E-state index contributed by atoms with van der Waals surface area (Å²) in [7, 11) is 1.92. The zero-order chi connectivity index (χ0) is 10.0. The van der Waals surface area contributed by atoms with E-state index in [0.717, 1.165) is 16.7 Å². The van der Waals surface area contributed by atoms with E-state index in [1.807, 2.05) is 11.7 Å². The monoisotopic (exact) mass is 309 g/mol. The molecule has 0 N–H and O–H groups in total. The SMILES string of the molecule is CC(Br)CC(C)c1c(Br)nnn1C. The first-order valence-electron chi connectivity index (χ1n) is 4.21. The van der Waals surface area contributed by atoms with E-state index < -0.39 is 0 Å². The van der Waals surface area contributed by atoms with E-state index in [4.69, 9.17) is 0 Å². The highest BCUT2D eigenvalue weighted by molar-refractivity contribution is 9.10. The van der Waals surface area contributed by atoms with Crippen molar-refractivity contribution in [3.8, 4) is 0 Å².